The summed E-state index contributed by atoms with van der Waals surface area (Å²) in [5.41, 5.74) is 4.45. The van der Waals surface area contributed by atoms with Crippen molar-refractivity contribution in [2.24, 2.45) is 0 Å². The number of benzene rings is 2. The molecule has 2 aromatic carbocycles. The molecule has 18 heavy (non-hydrogen) atoms. The first-order valence-electron chi connectivity index (χ1n) is 6.00. The second kappa shape index (κ2) is 4.49. The number of nitrogens with zero attached hydrogens (tertiary/aromatic N) is 1. The van der Waals surface area contributed by atoms with Gasteiger partial charge in [0.15, 0.2) is 0 Å². The van der Waals surface area contributed by atoms with Crippen molar-refractivity contribution in [1.29, 1.82) is 0 Å². The van der Waals surface area contributed by atoms with Gasteiger partial charge in [-0.15, -0.1) is 0 Å². The van der Waals surface area contributed by atoms with Crippen molar-refractivity contribution in [3.63, 3.8) is 0 Å². The van der Waals surface area contributed by atoms with Crippen LogP contribution in [0.1, 0.15) is 5.56 Å². The lowest BCUT2D eigenvalue weighted by atomic mass is 10.1. The van der Waals surface area contributed by atoms with Crippen molar-refractivity contribution < 1.29 is 0 Å². The number of anilines is 2. The highest BCUT2D eigenvalue weighted by atomic mass is 14.9. The lowest BCUT2D eigenvalue weighted by molar-refractivity contribution is 1.40. The summed E-state index contributed by atoms with van der Waals surface area (Å²) in [4.78, 5) is 4.36. The maximum atomic E-state index is 4.36. The largest absolute Gasteiger partial charge is 0.355 e. The quantitative estimate of drug-likeness (QED) is 0.715. The molecule has 3 rings (SSSR count). The summed E-state index contributed by atoms with van der Waals surface area (Å²) < 4.78 is 0. The molecule has 0 aliphatic heterocycles. The van der Waals surface area contributed by atoms with Crippen LogP contribution in [0.2, 0.25) is 0 Å². The molecule has 88 valence electrons. The summed E-state index contributed by atoms with van der Waals surface area (Å²) in [7, 11) is 0. The maximum absolute atomic E-state index is 4.36. The normalized spacial score (nSPS) is 10.5. The van der Waals surface area contributed by atoms with E-state index in [9.17, 15) is 0 Å². The van der Waals surface area contributed by atoms with E-state index in [0.29, 0.717) is 0 Å². The van der Waals surface area contributed by atoms with Crippen LogP contribution in [0.4, 0.5) is 11.4 Å². The molecule has 0 radical (unpaired) electrons. The van der Waals surface area contributed by atoms with Gasteiger partial charge in [0.25, 0.3) is 0 Å². The fraction of sp³-hybridized carbons (Fsp3) is 0.0625. The number of hydrogen-bond donors (Lipinski definition) is 1. The van der Waals surface area contributed by atoms with Crippen molar-refractivity contribution in [3.8, 4) is 0 Å². The van der Waals surface area contributed by atoms with Crippen LogP contribution in [0.15, 0.2) is 60.8 Å². The summed E-state index contributed by atoms with van der Waals surface area (Å²) in [5, 5.41) is 4.59. The number of nitrogens with one attached hydrogen (secondary N) is 1. The third-order valence-corrected chi connectivity index (χ3v) is 2.95. The lowest BCUT2D eigenvalue weighted by Gasteiger charge is -2.09. The molecule has 1 N–H and O–H groups in total. The molecule has 2 heteroatoms. The van der Waals surface area contributed by atoms with Gasteiger partial charge < -0.3 is 5.32 Å². The third-order valence-electron chi connectivity index (χ3n) is 2.95. The highest BCUT2D eigenvalue weighted by molar-refractivity contribution is 5.92. The van der Waals surface area contributed by atoms with Crippen molar-refractivity contribution >= 4 is 22.3 Å². The van der Waals surface area contributed by atoms with Crippen molar-refractivity contribution in [2.45, 2.75) is 6.92 Å². The molecule has 0 unspecified atom stereocenters. The van der Waals surface area contributed by atoms with Gasteiger partial charge in [0.05, 0.1) is 5.52 Å². The monoisotopic (exact) mass is 234 g/mol. The topological polar surface area (TPSA) is 24.9 Å². The van der Waals surface area contributed by atoms with Crippen molar-refractivity contribution in [2.75, 3.05) is 5.32 Å². The molecule has 1 heterocycles. The van der Waals surface area contributed by atoms with E-state index >= 15 is 0 Å². The van der Waals surface area contributed by atoms with Crippen LogP contribution in [0, 0.1) is 6.92 Å². The van der Waals surface area contributed by atoms with Gasteiger partial charge >= 0.3 is 0 Å². The van der Waals surface area contributed by atoms with Crippen LogP contribution < -0.4 is 5.32 Å². The first kappa shape index (κ1) is 10.8. The molecule has 0 atom stereocenters. The van der Waals surface area contributed by atoms with Crippen molar-refractivity contribution in [1.82, 2.24) is 4.98 Å². The van der Waals surface area contributed by atoms with Crippen LogP contribution in [0.25, 0.3) is 10.9 Å². The van der Waals surface area contributed by atoms with Gasteiger partial charge in [-0.3, -0.25) is 4.98 Å². The Balaban J connectivity index is 2.05. The minimum atomic E-state index is 1.01. The van der Waals surface area contributed by atoms with Crippen molar-refractivity contribution in [3.05, 3.63) is 66.4 Å². The van der Waals surface area contributed by atoms with Gasteiger partial charge in [-0.1, -0.05) is 30.3 Å². The van der Waals surface area contributed by atoms with E-state index in [4.69, 9.17) is 0 Å². The molecule has 0 amide bonds. The Hall–Kier alpha value is -2.35. The summed E-state index contributed by atoms with van der Waals surface area (Å²) in [5.74, 6) is 0. The molecule has 0 saturated carbocycles. The van der Waals surface area contributed by atoms with Gasteiger partial charge in [0, 0.05) is 23.0 Å². The number of pyridine rings is 1. The first-order valence-corrected chi connectivity index (χ1v) is 6.00. The number of rotatable bonds is 2. The fourth-order valence-corrected chi connectivity index (χ4v) is 2.08. The van der Waals surface area contributed by atoms with Gasteiger partial charge in [-0.25, -0.2) is 0 Å². The van der Waals surface area contributed by atoms with E-state index in [0.717, 1.165) is 22.3 Å². The van der Waals surface area contributed by atoms with E-state index in [2.05, 4.69) is 47.6 Å². The summed E-state index contributed by atoms with van der Waals surface area (Å²) in [6.45, 7) is 2.09. The standard InChI is InChI=1S/C16H14N2/c1-12-5-4-6-13(11-12)18-16-9-10-17-15-8-3-2-7-14(15)16/h2-11H,1H3,(H,17,18). The first-order chi connectivity index (χ1) is 8.83. The SMILES string of the molecule is Cc1cccc(Nc2ccnc3ccccc23)c1. The Morgan fingerprint density at radius 2 is 1.83 bits per heavy atom. The van der Waals surface area contributed by atoms with E-state index in [-0.39, 0.29) is 0 Å². The van der Waals surface area contributed by atoms with Gasteiger partial charge in [-0.2, -0.15) is 0 Å². The van der Waals surface area contributed by atoms with Crippen LogP contribution >= 0.6 is 0 Å². The average molecular weight is 234 g/mol. The van der Waals surface area contributed by atoms with Crippen LogP contribution in [0.3, 0.4) is 0 Å². The summed E-state index contributed by atoms with van der Waals surface area (Å²) >= 11 is 0. The predicted molar refractivity (Wildman–Crippen MR) is 76.2 cm³/mol. The van der Waals surface area contributed by atoms with E-state index in [1.807, 2.05) is 30.5 Å². The Morgan fingerprint density at radius 3 is 2.72 bits per heavy atom. The van der Waals surface area contributed by atoms with Gasteiger partial charge in [-0.05, 0) is 36.8 Å². The molecular weight excluding hydrogens is 220 g/mol. The van der Waals surface area contributed by atoms with E-state index in [1.54, 1.807) is 0 Å². The van der Waals surface area contributed by atoms with E-state index < -0.39 is 0 Å². The molecular formula is C16H14N2. The molecule has 0 aliphatic carbocycles. The zero-order valence-corrected chi connectivity index (χ0v) is 10.2. The summed E-state index contributed by atoms with van der Waals surface area (Å²) in [6, 6.07) is 18.5. The second-order valence-electron chi connectivity index (χ2n) is 4.37. The zero-order chi connectivity index (χ0) is 12.4. The zero-order valence-electron chi connectivity index (χ0n) is 10.2. The fourth-order valence-electron chi connectivity index (χ4n) is 2.08. The minimum Gasteiger partial charge on any atom is -0.355 e. The Labute approximate surface area is 106 Å². The maximum Gasteiger partial charge on any atom is 0.0722 e. The number of hydrogen-bond acceptors (Lipinski definition) is 2. The Kier molecular flexibility index (Phi) is 2.69. The lowest BCUT2D eigenvalue weighted by Crippen LogP contribution is -1.92. The van der Waals surface area contributed by atoms with E-state index in [1.165, 1.54) is 5.56 Å². The number of aryl methyl sites for hydroxylation is 1. The predicted octanol–water partition coefficient (Wildman–Crippen LogP) is 4.29. The van der Waals surface area contributed by atoms with Crippen LogP contribution in [-0.2, 0) is 0 Å². The molecule has 3 aromatic rings. The second-order valence-corrected chi connectivity index (χ2v) is 4.37. The molecule has 0 spiro atoms. The number of para-hydroxylation sites is 1. The average Bonchev–Trinajstić information content (AvgIpc) is 2.39. The molecule has 2 nitrogen and oxygen atoms in total. The van der Waals surface area contributed by atoms with Gasteiger partial charge in [0.1, 0.15) is 0 Å². The van der Waals surface area contributed by atoms with Crippen LogP contribution in [-0.4, -0.2) is 4.98 Å². The number of aromatic nitrogens is 1. The molecule has 1 aromatic heterocycles. The highest BCUT2D eigenvalue weighted by Gasteiger charge is 2.01. The molecule has 0 aliphatic rings. The Bertz CT molecular complexity index is 684. The summed E-state index contributed by atoms with van der Waals surface area (Å²) in [6.07, 6.45) is 1.83. The van der Waals surface area contributed by atoms with Crippen LogP contribution in [0.5, 0.6) is 0 Å². The highest BCUT2D eigenvalue weighted by Crippen LogP contribution is 2.24. The smallest absolute Gasteiger partial charge is 0.0722 e. The van der Waals surface area contributed by atoms with Gasteiger partial charge in [0.2, 0.25) is 0 Å². The number of fused-ring (bicyclic) bond motifs is 1. The molecule has 0 bridgehead atoms. The minimum absolute atomic E-state index is 1.01. The third kappa shape index (κ3) is 2.05. The molecule has 0 saturated heterocycles. The molecule has 0 fully saturated rings. The Morgan fingerprint density at radius 1 is 0.944 bits per heavy atom.